The number of halogens is 4. The second kappa shape index (κ2) is 19.3. The largest absolute Gasteiger partial charge is 0.328 e. The van der Waals surface area contributed by atoms with E-state index >= 15 is 0 Å². The van der Waals surface area contributed by atoms with E-state index in [9.17, 15) is 0 Å². The summed E-state index contributed by atoms with van der Waals surface area (Å²) < 4.78 is 0. The lowest BCUT2D eigenvalue weighted by Gasteiger charge is -2.28. The van der Waals surface area contributed by atoms with Crippen LogP contribution in [0.25, 0.3) is 0 Å². The van der Waals surface area contributed by atoms with Crippen molar-refractivity contribution in [2.24, 2.45) is 23.3 Å². The lowest BCUT2D eigenvalue weighted by Crippen LogP contribution is -2.31. The summed E-state index contributed by atoms with van der Waals surface area (Å²) in [5.74, 6) is 1.81. The molecule has 2 saturated carbocycles. The van der Waals surface area contributed by atoms with Crippen LogP contribution >= 0.6 is 49.6 Å². The van der Waals surface area contributed by atoms with Gasteiger partial charge in [-0.15, -0.1) is 49.6 Å². The van der Waals surface area contributed by atoms with E-state index in [0.717, 1.165) is 11.8 Å². The van der Waals surface area contributed by atoms with Crippen molar-refractivity contribution in [3.63, 3.8) is 0 Å². The smallest absolute Gasteiger partial charge is 0.00390 e. The SMILES string of the molecule is CN(C)CC1CCC(N)CC1.CN(C)CC1CCC(N)CC1.Cl.Cl.Cl.Cl. The first-order chi connectivity index (χ1) is 10.4. The molecule has 0 saturated heterocycles. The highest BCUT2D eigenvalue weighted by Crippen LogP contribution is 2.23. The summed E-state index contributed by atoms with van der Waals surface area (Å²) in [6.07, 6.45) is 10.3. The van der Waals surface area contributed by atoms with Crippen molar-refractivity contribution in [1.82, 2.24) is 9.80 Å². The molecule has 4 N–H and O–H groups in total. The molecule has 0 radical (unpaired) electrons. The van der Waals surface area contributed by atoms with Gasteiger partial charge < -0.3 is 21.3 Å². The molecular formula is C18H44Cl4N4. The minimum atomic E-state index is 0. The molecule has 8 heteroatoms. The van der Waals surface area contributed by atoms with E-state index in [1.807, 2.05) is 0 Å². The van der Waals surface area contributed by atoms with E-state index in [2.05, 4.69) is 38.0 Å². The molecular weight excluding hydrogens is 414 g/mol. The summed E-state index contributed by atoms with van der Waals surface area (Å²) in [5, 5.41) is 0. The van der Waals surface area contributed by atoms with Crippen molar-refractivity contribution in [3.8, 4) is 0 Å². The molecule has 0 aromatic heterocycles. The molecule has 0 aromatic carbocycles. The van der Waals surface area contributed by atoms with Crippen LogP contribution in [0.1, 0.15) is 51.4 Å². The highest BCUT2D eigenvalue weighted by atomic mass is 35.5. The lowest BCUT2D eigenvalue weighted by atomic mass is 9.86. The average molecular weight is 458 g/mol. The van der Waals surface area contributed by atoms with Crippen LogP contribution < -0.4 is 11.5 Å². The zero-order valence-electron chi connectivity index (χ0n) is 17.1. The Morgan fingerprint density at radius 1 is 0.538 bits per heavy atom. The third-order valence-corrected chi connectivity index (χ3v) is 5.03. The van der Waals surface area contributed by atoms with Crippen LogP contribution in [-0.4, -0.2) is 63.2 Å². The first kappa shape index (κ1) is 34.5. The van der Waals surface area contributed by atoms with Gasteiger partial charge in [-0.2, -0.15) is 0 Å². The predicted octanol–water partition coefficient (Wildman–Crippen LogP) is 3.82. The minimum absolute atomic E-state index is 0. The molecule has 4 nitrogen and oxygen atoms in total. The Morgan fingerprint density at radius 3 is 0.962 bits per heavy atom. The second-order valence-electron chi connectivity index (χ2n) is 8.09. The van der Waals surface area contributed by atoms with E-state index in [-0.39, 0.29) is 49.6 Å². The van der Waals surface area contributed by atoms with Crippen LogP contribution in [0.2, 0.25) is 0 Å². The Morgan fingerprint density at radius 2 is 0.769 bits per heavy atom. The van der Waals surface area contributed by atoms with E-state index in [0.29, 0.717) is 12.1 Å². The van der Waals surface area contributed by atoms with Gasteiger partial charge in [0.1, 0.15) is 0 Å². The van der Waals surface area contributed by atoms with Crippen molar-refractivity contribution in [2.75, 3.05) is 41.3 Å². The first-order valence-corrected chi connectivity index (χ1v) is 9.17. The molecule has 0 heterocycles. The Bertz CT molecular complexity index is 252. The standard InChI is InChI=1S/2C9H20N2.4ClH/c2*1-11(2)7-8-3-5-9(10)6-4-8;;;;/h2*8-9H,3-7,10H2,1-2H3;4*1H. The molecule has 2 aliphatic carbocycles. The molecule has 0 bridgehead atoms. The van der Waals surface area contributed by atoms with E-state index in [4.69, 9.17) is 11.5 Å². The summed E-state index contributed by atoms with van der Waals surface area (Å²) in [6, 6.07) is 0.988. The fourth-order valence-electron chi connectivity index (χ4n) is 3.77. The molecule has 164 valence electrons. The maximum absolute atomic E-state index is 5.81. The molecule has 2 fully saturated rings. The van der Waals surface area contributed by atoms with Crippen molar-refractivity contribution < 1.29 is 0 Å². The van der Waals surface area contributed by atoms with Gasteiger partial charge in [0.15, 0.2) is 0 Å². The number of rotatable bonds is 4. The van der Waals surface area contributed by atoms with E-state index in [1.54, 1.807) is 0 Å². The maximum atomic E-state index is 5.81. The first-order valence-electron chi connectivity index (χ1n) is 9.17. The van der Waals surface area contributed by atoms with Gasteiger partial charge in [-0.05, 0) is 91.4 Å². The summed E-state index contributed by atoms with van der Waals surface area (Å²) >= 11 is 0. The molecule has 0 unspecified atom stereocenters. The molecule has 2 rings (SSSR count). The van der Waals surface area contributed by atoms with Gasteiger partial charge in [0.05, 0.1) is 0 Å². The number of hydrogen-bond acceptors (Lipinski definition) is 4. The Hall–Kier alpha value is 1.00. The van der Waals surface area contributed by atoms with Gasteiger partial charge in [-0.1, -0.05) is 0 Å². The molecule has 2 aliphatic rings. The Balaban J connectivity index is -0.000000161. The monoisotopic (exact) mass is 456 g/mol. The fourth-order valence-corrected chi connectivity index (χ4v) is 3.77. The quantitative estimate of drug-likeness (QED) is 0.673. The maximum Gasteiger partial charge on any atom is 0.00390 e. The van der Waals surface area contributed by atoms with Crippen molar-refractivity contribution >= 4 is 49.6 Å². The summed E-state index contributed by atoms with van der Waals surface area (Å²) in [7, 11) is 8.59. The Kier molecular flexibility index (Phi) is 25.6. The number of hydrogen-bond donors (Lipinski definition) is 2. The van der Waals surface area contributed by atoms with Gasteiger partial charge in [0, 0.05) is 25.2 Å². The zero-order valence-corrected chi connectivity index (χ0v) is 20.3. The number of nitrogens with two attached hydrogens (primary N) is 2. The third-order valence-electron chi connectivity index (χ3n) is 5.03. The zero-order chi connectivity index (χ0) is 16.5. The molecule has 26 heavy (non-hydrogen) atoms. The van der Waals surface area contributed by atoms with Crippen LogP contribution in [0.4, 0.5) is 0 Å². The van der Waals surface area contributed by atoms with Gasteiger partial charge in [0.25, 0.3) is 0 Å². The minimum Gasteiger partial charge on any atom is -0.328 e. The lowest BCUT2D eigenvalue weighted by molar-refractivity contribution is 0.250. The molecule has 0 spiro atoms. The second-order valence-corrected chi connectivity index (χ2v) is 8.09. The van der Waals surface area contributed by atoms with Gasteiger partial charge >= 0.3 is 0 Å². The van der Waals surface area contributed by atoms with Crippen LogP contribution in [0.5, 0.6) is 0 Å². The average Bonchev–Trinajstić information content (AvgIpc) is 2.44. The van der Waals surface area contributed by atoms with E-state index in [1.165, 1.54) is 64.5 Å². The van der Waals surface area contributed by atoms with Crippen LogP contribution in [0.15, 0.2) is 0 Å². The molecule has 0 amide bonds. The van der Waals surface area contributed by atoms with Crippen LogP contribution in [-0.2, 0) is 0 Å². The normalized spacial score (nSPS) is 27.7. The highest BCUT2D eigenvalue weighted by molar-refractivity contribution is 5.86. The van der Waals surface area contributed by atoms with Gasteiger partial charge in [-0.3, -0.25) is 0 Å². The summed E-state index contributed by atoms with van der Waals surface area (Å²) in [6.45, 7) is 2.49. The van der Waals surface area contributed by atoms with Gasteiger partial charge in [-0.25, -0.2) is 0 Å². The topological polar surface area (TPSA) is 58.5 Å². The fraction of sp³-hybridized carbons (Fsp3) is 1.00. The molecule has 0 aliphatic heterocycles. The Labute approximate surface area is 187 Å². The van der Waals surface area contributed by atoms with E-state index < -0.39 is 0 Å². The highest BCUT2D eigenvalue weighted by Gasteiger charge is 2.19. The van der Waals surface area contributed by atoms with Crippen LogP contribution in [0.3, 0.4) is 0 Å². The van der Waals surface area contributed by atoms with Crippen molar-refractivity contribution in [2.45, 2.75) is 63.5 Å². The molecule has 0 atom stereocenters. The third kappa shape index (κ3) is 17.1. The van der Waals surface area contributed by atoms with Crippen molar-refractivity contribution in [3.05, 3.63) is 0 Å². The number of nitrogens with zero attached hydrogens (tertiary/aromatic N) is 2. The summed E-state index contributed by atoms with van der Waals surface area (Å²) in [5.41, 5.74) is 11.6. The predicted molar refractivity (Wildman–Crippen MR) is 126 cm³/mol. The van der Waals surface area contributed by atoms with Crippen molar-refractivity contribution in [1.29, 1.82) is 0 Å². The molecule has 0 aromatic rings. The van der Waals surface area contributed by atoms with Gasteiger partial charge in [0.2, 0.25) is 0 Å². The van der Waals surface area contributed by atoms with Crippen LogP contribution in [0, 0.1) is 11.8 Å². The summed E-state index contributed by atoms with van der Waals surface area (Å²) in [4.78, 5) is 4.56.